The van der Waals surface area contributed by atoms with Crippen LogP contribution in [0.5, 0.6) is 0 Å². The quantitative estimate of drug-likeness (QED) is 0.414. The maximum atomic E-state index is 0. The summed E-state index contributed by atoms with van der Waals surface area (Å²) in [5.41, 5.74) is 0. The number of hydrogen-bond donors (Lipinski definition) is 0. The summed E-state index contributed by atoms with van der Waals surface area (Å²) in [6, 6.07) is 0. The van der Waals surface area contributed by atoms with Crippen LogP contribution in [-0.2, 0) is 19.5 Å². The first-order chi connectivity index (χ1) is 0. The summed E-state index contributed by atoms with van der Waals surface area (Å²) >= 11 is 0. The second-order valence-corrected chi connectivity index (χ2v) is 0. The van der Waals surface area contributed by atoms with Crippen molar-refractivity contribution in [3.8, 4) is 0 Å². The van der Waals surface area contributed by atoms with Gasteiger partial charge in [0, 0.05) is 19.5 Å². The van der Waals surface area contributed by atoms with Crippen LogP contribution in [0, 0.1) is 0 Å². The summed E-state index contributed by atoms with van der Waals surface area (Å²) in [4.78, 5) is 0. The molecule has 0 aliphatic carbocycles. The van der Waals surface area contributed by atoms with Crippen LogP contribution in [0.25, 0.3) is 0 Å². The van der Waals surface area contributed by atoms with Gasteiger partial charge in [0.05, 0.1) is 0 Å². The molecule has 0 amide bonds. The van der Waals surface area contributed by atoms with E-state index in [0.717, 1.165) is 0 Å². The third-order valence-electron chi connectivity index (χ3n) is 0. The van der Waals surface area contributed by atoms with E-state index in [0.29, 0.717) is 0 Å². The Bertz CT molecular complexity index is 8.00. The van der Waals surface area contributed by atoms with Crippen molar-refractivity contribution in [2.45, 2.75) is 0 Å². The predicted octanol–water partition coefficient (Wildman–Crippen LogP) is -1.72. The van der Waals surface area contributed by atoms with Gasteiger partial charge >= 0.3 is 40.1 Å². The van der Waals surface area contributed by atoms with Crippen LogP contribution in [0.15, 0.2) is 0 Å². The molecule has 0 rings (SSSR count). The molecule has 0 saturated carbocycles. The van der Waals surface area contributed by atoms with Gasteiger partial charge in [-0.3, -0.25) is 0 Å². The molecule has 0 heterocycles. The summed E-state index contributed by atoms with van der Waals surface area (Å²) in [7, 11) is 0. The first-order valence-corrected chi connectivity index (χ1v) is 0. The Hall–Kier alpha value is 2.26. The molecule has 0 aliphatic rings. The second-order valence-electron chi connectivity index (χ2n) is 0. The van der Waals surface area contributed by atoms with Gasteiger partial charge in [0.25, 0.3) is 0 Å². The zero-order valence-corrected chi connectivity index (χ0v) is 7.77. The molecule has 0 aliphatic heterocycles. The minimum absolute atomic E-state index is 0. The zero-order valence-electron chi connectivity index (χ0n) is 1.71. The van der Waals surface area contributed by atoms with Gasteiger partial charge in [0.15, 0.2) is 0 Å². The minimum Gasteiger partial charge on any atom is 0 e. The van der Waals surface area contributed by atoms with E-state index < -0.39 is 0 Å². The van der Waals surface area contributed by atoms with Crippen molar-refractivity contribution in [3.05, 3.63) is 0 Å². The third kappa shape index (κ3) is 8.86. The maximum absolute atomic E-state index is 0. The average molecular weight is 207 g/mol. The number of hydrogen-bond acceptors (Lipinski definition) is 0. The van der Waals surface area contributed by atoms with E-state index in [-0.39, 0.29) is 73.1 Å². The number of rotatable bonds is 0. The average Bonchev–Trinajstić information content (AvgIpc) is 0. The molecule has 4 heteroatoms. The van der Waals surface area contributed by atoms with E-state index in [9.17, 15) is 0 Å². The molecule has 0 saturated heterocycles. The van der Waals surface area contributed by atoms with Crippen LogP contribution >= 0.6 is 13.5 Å². The van der Waals surface area contributed by atoms with Gasteiger partial charge in [-0.1, -0.05) is 0 Å². The van der Waals surface area contributed by atoms with E-state index in [1.165, 1.54) is 0 Å². The van der Waals surface area contributed by atoms with Gasteiger partial charge in [-0.2, -0.15) is 13.5 Å². The summed E-state index contributed by atoms with van der Waals surface area (Å²) < 4.78 is 0. The van der Waals surface area contributed by atoms with E-state index in [2.05, 4.69) is 0 Å². The minimum atomic E-state index is 0. The molecular weight excluding hydrogens is 201 g/mol. The summed E-state index contributed by atoms with van der Waals surface area (Å²) in [6.45, 7) is 0. The molecule has 0 N–H and O–H groups in total. The van der Waals surface area contributed by atoms with Crippen LogP contribution < -0.4 is 0 Å². The Morgan fingerprint density at radius 2 is 1.00 bits per heavy atom. The van der Waals surface area contributed by atoms with E-state index in [1.54, 1.807) is 0 Å². The topological polar surface area (TPSA) is 0 Å². The van der Waals surface area contributed by atoms with E-state index in [1.807, 2.05) is 0 Å². The van der Waals surface area contributed by atoms with Gasteiger partial charge in [-0.15, -0.1) is 0 Å². The molecule has 0 atom stereocenters. The molecule has 0 spiro atoms. The summed E-state index contributed by atoms with van der Waals surface area (Å²) in [6.07, 6.45) is 0. The van der Waals surface area contributed by atoms with Gasteiger partial charge in [0.1, 0.15) is 0 Å². The fraction of sp³-hybridized carbons (Fsp3) is 0. The monoisotopic (exact) mass is 206 g/mol. The fourth-order valence-electron chi connectivity index (χ4n) is 0. The summed E-state index contributed by atoms with van der Waals surface area (Å²) in [5.74, 6) is 0. The van der Waals surface area contributed by atoms with Crippen molar-refractivity contribution in [2.24, 2.45) is 0 Å². The standard InChI is InChI=1S/Mg.H2S.H2Se.Zn.2H/h;2*1H2;;;. The Morgan fingerprint density at radius 1 is 1.00 bits per heavy atom. The maximum Gasteiger partial charge on any atom is 0 e. The first kappa shape index (κ1) is 33.9. The van der Waals surface area contributed by atoms with E-state index >= 15 is 0 Å². The van der Waals surface area contributed by atoms with Crippen molar-refractivity contribution >= 4 is 53.6 Å². The SMILES string of the molecule is S.[MgH2].[SeH2].[Zn]. The molecule has 0 radical (unpaired) electrons. The van der Waals surface area contributed by atoms with Gasteiger partial charge in [-0.05, 0) is 0 Å². The fourth-order valence-corrected chi connectivity index (χ4v) is 0. The third-order valence-corrected chi connectivity index (χ3v) is 0. The van der Waals surface area contributed by atoms with Gasteiger partial charge in [-0.25, -0.2) is 0 Å². The van der Waals surface area contributed by atoms with Crippen LogP contribution in [0.3, 0.4) is 0 Å². The smallest absolute Gasteiger partial charge is 0 e. The Morgan fingerprint density at radius 3 is 1.00 bits per heavy atom. The van der Waals surface area contributed by atoms with Crippen molar-refractivity contribution in [1.29, 1.82) is 0 Å². The molecular formula is H6MgSSeZn. The first-order valence-electron chi connectivity index (χ1n) is 0. The van der Waals surface area contributed by atoms with Gasteiger partial charge in [0.2, 0.25) is 0 Å². The van der Waals surface area contributed by atoms with Crippen molar-refractivity contribution in [3.63, 3.8) is 0 Å². The van der Waals surface area contributed by atoms with Crippen LogP contribution in [0.2, 0.25) is 0 Å². The molecule has 0 unspecified atom stereocenters. The van der Waals surface area contributed by atoms with Gasteiger partial charge < -0.3 is 0 Å². The van der Waals surface area contributed by atoms with Crippen molar-refractivity contribution in [1.82, 2.24) is 0 Å². The molecule has 0 fully saturated rings. The molecule has 4 heavy (non-hydrogen) atoms. The Labute approximate surface area is 72.3 Å². The zero-order chi connectivity index (χ0) is 0. The van der Waals surface area contributed by atoms with E-state index in [4.69, 9.17) is 0 Å². The predicted molar refractivity (Wildman–Crippen MR) is 27.5 cm³/mol. The molecule has 0 aromatic heterocycles. The Balaban J connectivity index is 0. The Kier molecular flexibility index (Phi) is 159. The molecule has 0 aromatic carbocycles. The molecule has 0 aromatic rings. The second kappa shape index (κ2) is 18.7. The largest absolute Gasteiger partial charge is 0 e. The van der Waals surface area contributed by atoms with Crippen LogP contribution in [0.4, 0.5) is 0 Å². The molecule has 0 nitrogen and oxygen atoms in total. The normalized spacial score (nSPS) is 0. The summed E-state index contributed by atoms with van der Waals surface area (Å²) in [5, 5.41) is 0. The van der Waals surface area contributed by atoms with Crippen LogP contribution in [-0.4, -0.2) is 40.1 Å². The van der Waals surface area contributed by atoms with Crippen LogP contribution in [0.1, 0.15) is 0 Å². The van der Waals surface area contributed by atoms with Crippen molar-refractivity contribution < 1.29 is 19.5 Å². The molecule has 22 valence electrons. The molecule has 0 bridgehead atoms. The van der Waals surface area contributed by atoms with Crippen molar-refractivity contribution in [2.75, 3.05) is 0 Å².